The van der Waals surface area contributed by atoms with Gasteiger partial charge in [0.25, 0.3) is 0 Å². The van der Waals surface area contributed by atoms with Crippen molar-refractivity contribution in [1.82, 2.24) is 0 Å². The Kier molecular flexibility index (Phi) is 5.90. The van der Waals surface area contributed by atoms with Gasteiger partial charge in [-0.05, 0) is 39.2 Å². The Labute approximate surface area is 93.2 Å². The molecule has 78 valence electrons. The molecule has 1 aliphatic heterocycles. The van der Waals surface area contributed by atoms with E-state index in [0.29, 0.717) is 0 Å². The molecule has 0 amide bonds. The number of hydrogen-bond donors (Lipinski definition) is 0. The SMILES string of the molecule is CC(C)=CC[N+]1(C)CCCCC1.[Br-]. The van der Waals surface area contributed by atoms with Crippen molar-refractivity contribution < 1.29 is 21.5 Å². The van der Waals surface area contributed by atoms with Crippen LogP contribution in [0, 0.1) is 0 Å². The van der Waals surface area contributed by atoms with Crippen LogP contribution in [-0.2, 0) is 0 Å². The van der Waals surface area contributed by atoms with E-state index in [1.807, 2.05) is 0 Å². The topological polar surface area (TPSA) is 0 Å². The van der Waals surface area contributed by atoms with E-state index < -0.39 is 0 Å². The van der Waals surface area contributed by atoms with Gasteiger partial charge in [0.2, 0.25) is 0 Å². The molecule has 0 bridgehead atoms. The molecule has 1 saturated heterocycles. The van der Waals surface area contributed by atoms with Gasteiger partial charge in [-0.15, -0.1) is 0 Å². The van der Waals surface area contributed by atoms with Crippen molar-refractivity contribution in [3.8, 4) is 0 Å². The summed E-state index contributed by atoms with van der Waals surface area (Å²) in [6.45, 7) is 8.38. The number of halogens is 1. The summed E-state index contributed by atoms with van der Waals surface area (Å²) in [5.74, 6) is 0. The van der Waals surface area contributed by atoms with E-state index in [2.05, 4.69) is 27.0 Å². The molecule has 0 saturated carbocycles. The molecule has 1 aliphatic rings. The van der Waals surface area contributed by atoms with E-state index in [1.165, 1.54) is 49.0 Å². The first-order chi connectivity index (χ1) is 5.62. The van der Waals surface area contributed by atoms with Gasteiger partial charge < -0.3 is 21.5 Å². The van der Waals surface area contributed by atoms with Crippen molar-refractivity contribution in [3.05, 3.63) is 11.6 Å². The zero-order chi connectivity index (χ0) is 9.03. The van der Waals surface area contributed by atoms with Crippen molar-refractivity contribution in [2.45, 2.75) is 33.1 Å². The van der Waals surface area contributed by atoms with Crippen LogP contribution in [0.2, 0.25) is 0 Å². The first-order valence-corrected chi connectivity index (χ1v) is 5.09. The molecule has 0 aromatic heterocycles. The highest BCUT2D eigenvalue weighted by molar-refractivity contribution is 4.92. The lowest BCUT2D eigenvalue weighted by atomic mass is 10.1. The molecule has 1 fully saturated rings. The van der Waals surface area contributed by atoms with Gasteiger partial charge in [0.05, 0.1) is 26.7 Å². The lowest BCUT2D eigenvalue weighted by Gasteiger charge is -2.37. The van der Waals surface area contributed by atoms with E-state index in [0.717, 1.165) is 0 Å². The molecule has 13 heavy (non-hydrogen) atoms. The zero-order valence-electron chi connectivity index (χ0n) is 9.15. The van der Waals surface area contributed by atoms with E-state index in [-0.39, 0.29) is 17.0 Å². The Morgan fingerprint density at radius 3 is 2.15 bits per heavy atom. The molecular formula is C11H22BrN. The molecule has 0 unspecified atom stereocenters. The van der Waals surface area contributed by atoms with E-state index >= 15 is 0 Å². The Hall–Kier alpha value is 0.180. The van der Waals surface area contributed by atoms with E-state index in [9.17, 15) is 0 Å². The highest BCUT2D eigenvalue weighted by Crippen LogP contribution is 2.16. The second-order valence-electron chi connectivity index (χ2n) is 4.59. The highest BCUT2D eigenvalue weighted by atomic mass is 79.9. The van der Waals surface area contributed by atoms with Gasteiger partial charge in [0, 0.05) is 0 Å². The van der Waals surface area contributed by atoms with Crippen LogP contribution in [0.4, 0.5) is 0 Å². The summed E-state index contributed by atoms with van der Waals surface area (Å²) in [5.41, 5.74) is 1.46. The minimum absolute atomic E-state index is 0. The predicted octanol–water partition coefficient (Wildman–Crippen LogP) is -0.413. The molecule has 0 aromatic carbocycles. The summed E-state index contributed by atoms with van der Waals surface area (Å²) in [7, 11) is 2.39. The summed E-state index contributed by atoms with van der Waals surface area (Å²) >= 11 is 0. The van der Waals surface area contributed by atoms with E-state index in [1.54, 1.807) is 0 Å². The van der Waals surface area contributed by atoms with Gasteiger partial charge in [0.1, 0.15) is 0 Å². The number of allylic oxidation sites excluding steroid dienone is 1. The fourth-order valence-electron chi connectivity index (χ4n) is 1.86. The van der Waals surface area contributed by atoms with Crippen LogP contribution >= 0.6 is 0 Å². The normalized spacial score (nSPS) is 20.2. The maximum absolute atomic E-state index is 2.39. The third-order valence-electron chi connectivity index (χ3n) is 2.84. The average molecular weight is 248 g/mol. The molecule has 0 atom stereocenters. The van der Waals surface area contributed by atoms with Crippen LogP contribution in [-0.4, -0.2) is 31.2 Å². The van der Waals surface area contributed by atoms with Crippen LogP contribution in [0.3, 0.4) is 0 Å². The van der Waals surface area contributed by atoms with Crippen molar-refractivity contribution in [2.75, 3.05) is 26.7 Å². The van der Waals surface area contributed by atoms with Crippen LogP contribution < -0.4 is 17.0 Å². The highest BCUT2D eigenvalue weighted by Gasteiger charge is 2.22. The standard InChI is InChI=1S/C11H22N.BrH/c1-11(2)7-10-12(3)8-5-4-6-9-12;/h7H,4-6,8-10H2,1-3H3;1H/q+1;/p-1. The Morgan fingerprint density at radius 2 is 1.69 bits per heavy atom. The summed E-state index contributed by atoms with van der Waals surface area (Å²) in [6, 6.07) is 0. The first kappa shape index (κ1) is 13.2. The number of nitrogens with zero attached hydrogens (tertiary/aromatic N) is 1. The third-order valence-corrected chi connectivity index (χ3v) is 2.84. The molecule has 0 aromatic rings. The quantitative estimate of drug-likeness (QED) is 0.460. The maximum Gasteiger partial charge on any atom is 0.0974 e. The van der Waals surface area contributed by atoms with Crippen LogP contribution in [0.15, 0.2) is 11.6 Å². The van der Waals surface area contributed by atoms with Crippen LogP contribution in [0.25, 0.3) is 0 Å². The molecular weight excluding hydrogens is 226 g/mol. The van der Waals surface area contributed by atoms with Gasteiger partial charge in [-0.3, -0.25) is 0 Å². The van der Waals surface area contributed by atoms with Crippen LogP contribution in [0.1, 0.15) is 33.1 Å². The summed E-state index contributed by atoms with van der Waals surface area (Å²) in [5, 5.41) is 0. The minimum atomic E-state index is 0. The summed E-state index contributed by atoms with van der Waals surface area (Å²) in [6.07, 6.45) is 6.67. The third kappa shape index (κ3) is 4.82. The number of likely N-dealkylation sites (N-methyl/N-ethyl adjacent to an activating group) is 1. The molecule has 2 heteroatoms. The number of rotatable bonds is 2. The smallest absolute Gasteiger partial charge is 0.0974 e. The number of hydrogen-bond acceptors (Lipinski definition) is 0. The summed E-state index contributed by atoms with van der Waals surface area (Å²) in [4.78, 5) is 0. The zero-order valence-corrected chi connectivity index (χ0v) is 10.7. The van der Waals surface area contributed by atoms with E-state index in [4.69, 9.17) is 0 Å². The lowest BCUT2D eigenvalue weighted by Crippen LogP contribution is -3.00. The Bertz CT molecular complexity index is 165. The average Bonchev–Trinajstić information content (AvgIpc) is 2.03. The lowest BCUT2D eigenvalue weighted by molar-refractivity contribution is -0.908. The minimum Gasteiger partial charge on any atom is -1.00 e. The van der Waals surface area contributed by atoms with Crippen molar-refractivity contribution >= 4 is 0 Å². The molecule has 0 N–H and O–H groups in total. The van der Waals surface area contributed by atoms with Gasteiger partial charge in [0.15, 0.2) is 0 Å². The van der Waals surface area contributed by atoms with Crippen molar-refractivity contribution in [2.24, 2.45) is 0 Å². The molecule has 1 heterocycles. The second-order valence-corrected chi connectivity index (χ2v) is 4.59. The Balaban J connectivity index is 0.00000144. The van der Waals surface area contributed by atoms with Crippen LogP contribution in [0.5, 0.6) is 0 Å². The maximum atomic E-state index is 2.39. The fourth-order valence-corrected chi connectivity index (χ4v) is 1.86. The fraction of sp³-hybridized carbons (Fsp3) is 0.818. The van der Waals surface area contributed by atoms with Gasteiger partial charge in [-0.1, -0.05) is 5.57 Å². The molecule has 1 nitrogen and oxygen atoms in total. The molecule has 1 rings (SSSR count). The van der Waals surface area contributed by atoms with Crippen molar-refractivity contribution in [3.63, 3.8) is 0 Å². The largest absolute Gasteiger partial charge is 1.00 e. The van der Waals surface area contributed by atoms with Gasteiger partial charge >= 0.3 is 0 Å². The van der Waals surface area contributed by atoms with Gasteiger partial charge in [-0.25, -0.2) is 0 Å². The predicted molar refractivity (Wildman–Crippen MR) is 54.1 cm³/mol. The first-order valence-electron chi connectivity index (χ1n) is 5.09. The number of likely N-dealkylation sites (tertiary alicyclic amines) is 1. The number of piperidine rings is 1. The summed E-state index contributed by atoms with van der Waals surface area (Å²) < 4.78 is 1.27. The second kappa shape index (κ2) is 5.82. The number of quaternary nitrogens is 1. The van der Waals surface area contributed by atoms with Crippen molar-refractivity contribution in [1.29, 1.82) is 0 Å². The monoisotopic (exact) mass is 247 g/mol. The molecule has 0 spiro atoms. The molecule has 0 aliphatic carbocycles. The molecule has 0 radical (unpaired) electrons. The van der Waals surface area contributed by atoms with Gasteiger partial charge in [-0.2, -0.15) is 0 Å². The Morgan fingerprint density at radius 1 is 1.15 bits per heavy atom.